The average molecular weight is 345 g/mol. The predicted octanol–water partition coefficient (Wildman–Crippen LogP) is 2.02. The number of anilines is 1. The van der Waals surface area contributed by atoms with E-state index in [1.807, 2.05) is 30.3 Å². The van der Waals surface area contributed by atoms with E-state index in [2.05, 4.69) is 19.9 Å². The molecule has 2 N–H and O–H groups in total. The third kappa shape index (κ3) is 3.13. The fourth-order valence-electron chi connectivity index (χ4n) is 1.61. The second-order valence-corrected chi connectivity index (χ2v) is 4.79. The minimum Gasteiger partial charge on any atom is -0.383 e. The molecule has 0 aliphatic carbocycles. The first kappa shape index (κ1) is 14.4. The van der Waals surface area contributed by atoms with Gasteiger partial charge in [-0.1, -0.05) is 30.0 Å². The van der Waals surface area contributed by atoms with Crippen LogP contribution in [0.5, 0.6) is 0 Å². The first-order valence-corrected chi connectivity index (χ1v) is 6.21. The molecule has 0 spiro atoms. The summed E-state index contributed by atoms with van der Waals surface area (Å²) in [4.78, 5) is 18.1. The van der Waals surface area contributed by atoms with Gasteiger partial charge in [0.2, 0.25) is 0 Å². The van der Waals surface area contributed by atoms with Crippen molar-refractivity contribution in [3.8, 4) is 0 Å². The number of nitrogens with two attached hydrogens (primary N) is 1. The number of hydrogen-bond acceptors (Lipinski definition) is 5. The zero-order chi connectivity index (χ0) is 12.5. The first-order valence-electron chi connectivity index (χ1n) is 5.40. The third-order valence-corrected chi connectivity index (χ3v) is 3.24. The Morgan fingerprint density at radius 2 is 1.84 bits per heavy atom. The summed E-state index contributed by atoms with van der Waals surface area (Å²) >= 11 is 1.48. The van der Waals surface area contributed by atoms with Crippen molar-refractivity contribution in [2.24, 2.45) is 0 Å². The maximum absolute atomic E-state index is 5.80. The fraction of sp³-hybridized carbons (Fsp3) is 0.0833. The molecule has 0 amide bonds. The quantitative estimate of drug-likeness (QED) is 0.766. The van der Waals surface area contributed by atoms with E-state index in [1.165, 1.54) is 11.8 Å². The number of aryl methyl sites for hydroxylation is 1. The van der Waals surface area contributed by atoms with Gasteiger partial charge in [-0.3, -0.25) is 0 Å². The topological polar surface area (TPSA) is 78.8 Å². The second-order valence-electron chi connectivity index (χ2n) is 3.75. The molecule has 2 heterocycles. The van der Waals surface area contributed by atoms with Crippen LogP contribution in [-0.4, -0.2) is 15.0 Å². The van der Waals surface area contributed by atoms with Crippen molar-refractivity contribution < 1.29 is 32.7 Å². The Kier molecular flexibility index (Phi) is 4.55. The van der Waals surface area contributed by atoms with Gasteiger partial charge in [0.05, 0.1) is 11.0 Å². The number of nitrogen functional groups attached to an aromatic ring is 1. The van der Waals surface area contributed by atoms with Gasteiger partial charge in [0.1, 0.15) is 5.82 Å². The van der Waals surface area contributed by atoms with Gasteiger partial charge in [-0.25, -0.2) is 4.98 Å². The Hall–Kier alpha value is -0.976. The Morgan fingerprint density at radius 3 is 2.58 bits per heavy atom. The van der Waals surface area contributed by atoms with Crippen LogP contribution < -0.4 is 10.7 Å². The van der Waals surface area contributed by atoms with Crippen molar-refractivity contribution in [1.29, 1.82) is 0 Å². The molecule has 5 nitrogen and oxygen atoms in total. The molecule has 0 atom stereocenters. The van der Waals surface area contributed by atoms with E-state index in [0.717, 1.165) is 4.90 Å². The summed E-state index contributed by atoms with van der Waals surface area (Å²) in [6, 6.07) is 9.93. The van der Waals surface area contributed by atoms with Gasteiger partial charge in [0.15, 0.2) is 0 Å². The number of aromatic nitrogens is 4. The predicted molar refractivity (Wildman–Crippen MR) is 70.4 cm³/mol. The summed E-state index contributed by atoms with van der Waals surface area (Å²) in [5, 5.41) is 0.641. The fourth-order valence-corrected chi connectivity index (χ4v) is 2.38. The molecule has 3 rings (SSSR count). The molecule has 0 saturated carbocycles. The van der Waals surface area contributed by atoms with E-state index in [-0.39, 0.29) is 32.7 Å². The molecule has 0 unspecified atom stereocenters. The van der Waals surface area contributed by atoms with Crippen LogP contribution in [0.3, 0.4) is 0 Å². The van der Waals surface area contributed by atoms with Crippen molar-refractivity contribution >= 4 is 28.7 Å². The zero-order valence-corrected chi connectivity index (χ0v) is 13.9. The van der Waals surface area contributed by atoms with Gasteiger partial charge in [0.25, 0.3) is 0 Å². The normalized spacial score (nSPS) is 10.4. The third-order valence-electron chi connectivity index (χ3n) is 2.37. The van der Waals surface area contributed by atoms with Crippen molar-refractivity contribution in [3.63, 3.8) is 0 Å². The number of rotatable bonds is 2. The largest absolute Gasteiger partial charge is 0.383 e. The molecule has 1 aromatic carbocycles. The zero-order valence-electron chi connectivity index (χ0n) is 10.2. The van der Waals surface area contributed by atoms with Gasteiger partial charge in [-0.15, -0.1) is 0 Å². The Morgan fingerprint density at radius 1 is 1.11 bits per heavy atom. The molecule has 19 heavy (non-hydrogen) atoms. The Bertz CT molecular complexity index is 698. The molecule has 0 aliphatic heterocycles. The van der Waals surface area contributed by atoms with Crippen molar-refractivity contribution in [2.45, 2.75) is 17.0 Å². The molecule has 0 bridgehead atoms. The van der Waals surface area contributed by atoms with Crippen molar-refractivity contribution in [1.82, 2.24) is 19.9 Å². The molecule has 0 saturated heterocycles. The molecular formula is C12H10N5SY-. The van der Waals surface area contributed by atoms with Crippen molar-refractivity contribution in [2.75, 3.05) is 5.73 Å². The van der Waals surface area contributed by atoms with E-state index in [0.29, 0.717) is 28.0 Å². The maximum Gasteiger partial charge on any atom is 0.134 e. The molecule has 93 valence electrons. The number of hydrogen-bond donors (Lipinski definition) is 1. The molecule has 0 fully saturated rings. The van der Waals surface area contributed by atoms with E-state index in [1.54, 1.807) is 6.92 Å². The summed E-state index contributed by atoms with van der Waals surface area (Å²) in [6.07, 6.45) is 0. The average Bonchev–Trinajstić information content (AvgIpc) is 2.73. The van der Waals surface area contributed by atoms with Crippen LogP contribution >= 0.6 is 11.8 Å². The van der Waals surface area contributed by atoms with Crippen LogP contribution in [0.4, 0.5) is 5.82 Å². The van der Waals surface area contributed by atoms with Crippen LogP contribution in [0, 0.1) is 6.92 Å². The number of nitrogens with zero attached hydrogens (tertiary/aromatic N) is 4. The van der Waals surface area contributed by atoms with E-state index in [9.17, 15) is 0 Å². The van der Waals surface area contributed by atoms with Crippen LogP contribution in [-0.2, 0) is 32.7 Å². The minimum atomic E-state index is 0. The number of fused-ring (bicyclic) bond motifs is 1. The standard InChI is InChI=1S/C12H10N5S.Y/c1-7-14-10(13)9-11(15-7)17-12(16-9)18-8-5-3-2-4-6-8;/h2-6H,1H3,(H2-,13,14,15,16,17);/q-1;. The molecule has 3 aromatic rings. The van der Waals surface area contributed by atoms with Crippen LogP contribution in [0.2, 0.25) is 0 Å². The van der Waals surface area contributed by atoms with Crippen LogP contribution in [0.15, 0.2) is 40.4 Å². The SMILES string of the molecule is Cc1nc(N)c2nc(Sc3ccccc3)[n-]c2n1.[Y]. The second kappa shape index (κ2) is 5.99. The summed E-state index contributed by atoms with van der Waals surface area (Å²) in [6.45, 7) is 1.79. The summed E-state index contributed by atoms with van der Waals surface area (Å²) in [7, 11) is 0. The van der Waals surface area contributed by atoms with Gasteiger partial charge in [-0.05, 0) is 19.1 Å². The number of benzene rings is 1. The van der Waals surface area contributed by atoms with Crippen LogP contribution in [0.25, 0.3) is 11.2 Å². The summed E-state index contributed by atoms with van der Waals surface area (Å²) in [5.41, 5.74) is 6.92. The van der Waals surface area contributed by atoms with Gasteiger partial charge in [-0.2, -0.15) is 0 Å². The van der Waals surface area contributed by atoms with Gasteiger partial charge in [0, 0.05) is 48.8 Å². The monoisotopic (exact) mass is 345 g/mol. The summed E-state index contributed by atoms with van der Waals surface area (Å²) < 4.78 is 0. The van der Waals surface area contributed by atoms with E-state index in [4.69, 9.17) is 5.73 Å². The summed E-state index contributed by atoms with van der Waals surface area (Å²) in [5.74, 6) is 0.987. The van der Waals surface area contributed by atoms with Crippen LogP contribution in [0.1, 0.15) is 5.82 Å². The Labute approximate surface area is 139 Å². The number of imidazole rings is 1. The molecular weight excluding hydrogens is 335 g/mol. The smallest absolute Gasteiger partial charge is 0.134 e. The van der Waals surface area contributed by atoms with Gasteiger partial charge >= 0.3 is 0 Å². The minimum absolute atomic E-state index is 0. The van der Waals surface area contributed by atoms with Crippen molar-refractivity contribution in [3.05, 3.63) is 36.2 Å². The van der Waals surface area contributed by atoms with E-state index >= 15 is 0 Å². The van der Waals surface area contributed by atoms with Gasteiger partial charge < -0.3 is 20.7 Å². The molecule has 1 radical (unpaired) electrons. The van der Waals surface area contributed by atoms with E-state index < -0.39 is 0 Å². The molecule has 2 aromatic heterocycles. The first-order chi connectivity index (χ1) is 8.72. The Balaban J connectivity index is 0.00000133. The molecule has 7 heteroatoms. The maximum atomic E-state index is 5.80. The molecule has 0 aliphatic rings.